The minimum absolute atomic E-state index is 0.208. The molecule has 0 saturated carbocycles. The van der Waals surface area contributed by atoms with E-state index in [0.29, 0.717) is 5.75 Å². The SMILES string of the molecule is CCCNC(CSCCC)(C(=O)OC)c1ccccc1. The number of methoxy groups -OCH3 is 1. The molecule has 20 heavy (non-hydrogen) atoms. The van der Waals surface area contributed by atoms with Crippen LogP contribution in [0.25, 0.3) is 0 Å². The van der Waals surface area contributed by atoms with Gasteiger partial charge in [0, 0.05) is 5.75 Å². The Labute approximate surface area is 126 Å². The fourth-order valence-corrected chi connectivity index (χ4v) is 3.22. The predicted molar refractivity (Wildman–Crippen MR) is 86.0 cm³/mol. The Morgan fingerprint density at radius 3 is 2.50 bits per heavy atom. The normalized spacial score (nSPS) is 13.8. The second kappa shape index (κ2) is 9.03. The summed E-state index contributed by atoms with van der Waals surface area (Å²) in [6.45, 7) is 5.03. The first-order valence-corrected chi connectivity index (χ1v) is 8.33. The fourth-order valence-electron chi connectivity index (χ4n) is 2.09. The standard InChI is InChI=1S/C16H25NO2S/c1-4-11-17-16(15(18)19-3,13-20-12-5-2)14-9-7-6-8-10-14/h6-10,17H,4-5,11-13H2,1-3H3. The van der Waals surface area contributed by atoms with Crippen molar-refractivity contribution in [3.05, 3.63) is 35.9 Å². The summed E-state index contributed by atoms with van der Waals surface area (Å²) in [7, 11) is 1.46. The van der Waals surface area contributed by atoms with Crippen molar-refractivity contribution in [2.24, 2.45) is 0 Å². The highest BCUT2D eigenvalue weighted by Gasteiger charge is 2.40. The van der Waals surface area contributed by atoms with Crippen molar-refractivity contribution in [2.45, 2.75) is 32.2 Å². The highest BCUT2D eigenvalue weighted by Crippen LogP contribution is 2.28. The van der Waals surface area contributed by atoms with Crippen LogP contribution in [0.4, 0.5) is 0 Å². The van der Waals surface area contributed by atoms with Crippen molar-refractivity contribution in [2.75, 3.05) is 25.2 Å². The molecule has 0 radical (unpaired) electrons. The van der Waals surface area contributed by atoms with Gasteiger partial charge in [0.2, 0.25) is 0 Å². The molecule has 4 heteroatoms. The highest BCUT2D eigenvalue weighted by molar-refractivity contribution is 7.99. The summed E-state index contributed by atoms with van der Waals surface area (Å²) in [4.78, 5) is 12.4. The average Bonchev–Trinajstić information content (AvgIpc) is 2.51. The molecule has 1 aromatic rings. The first kappa shape index (κ1) is 17.1. The molecule has 0 amide bonds. The van der Waals surface area contributed by atoms with E-state index >= 15 is 0 Å². The molecule has 1 aromatic carbocycles. The molecule has 1 rings (SSSR count). The van der Waals surface area contributed by atoms with Gasteiger partial charge in [0.05, 0.1) is 7.11 Å². The zero-order chi connectivity index (χ0) is 14.8. The Balaban J connectivity index is 3.07. The smallest absolute Gasteiger partial charge is 0.331 e. The Hall–Kier alpha value is -1.00. The number of rotatable bonds is 9. The van der Waals surface area contributed by atoms with Crippen LogP contribution < -0.4 is 5.32 Å². The van der Waals surface area contributed by atoms with Crippen molar-refractivity contribution in [3.8, 4) is 0 Å². The quantitative estimate of drug-likeness (QED) is 0.561. The van der Waals surface area contributed by atoms with Crippen LogP contribution >= 0.6 is 11.8 Å². The number of benzene rings is 1. The Morgan fingerprint density at radius 2 is 1.95 bits per heavy atom. The summed E-state index contributed by atoms with van der Waals surface area (Å²) < 4.78 is 5.08. The van der Waals surface area contributed by atoms with Crippen LogP contribution in [0.15, 0.2) is 30.3 Å². The van der Waals surface area contributed by atoms with Crippen molar-refractivity contribution >= 4 is 17.7 Å². The number of ether oxygens (including phenoxy) is 1. The molecule has 1 unspecified atom stereocenters. The van der Waals surface area contributed by atoms with E-state index < -0.39 is 5.54 Å². The van der Waals surface area contributed by atoms with Gasteiger partial charge in [-0.1, -0.05) is 44.2 Å². The van der Waals surface area contributed by atoms with Crippen LogP contribution in [0.2, 0.25) is 0 Å². The lowest BCUT2D eigenvalue weighted by molar-refractivity contribution is -0.148. The van der Waals surface area contributed by atoms with Gasteiger partial charge in [0.25, 0.3) is 0 Å². The molecule has 0 aliphatic rings. The van der Waals surface area contributed by atoms with Crippen LogP contribution in [0, 0.1) is 0 Å². The van der Waals surface area contributed by atoms with Crippen molar-refractivity contribution in [1.82, 2.24) is 5.32 Å². The molecule has 0 aliphatic carbocycles. The van der Waals surface area contributed by atoms with Gasteiger partial charge in [-0.3, -0.25) is 5.32 Å². The molecule has 112 valence electrons. The van der Waals surface area contributed by atoms with E-state index in [2.05, 4.69) is 19.2 Å². The predicted octanol–water partition coefficient (Wildman–Crippen LogP) is 3.20. The van der Waals surface area contributed by atoms with Gasteiger partial charge in [-0.15, -0.1) is 0 Å². The van der Waals surface area contributed by atoms with Crippen molar-refractivity contribution in [1.29, 1.82) is 0 Å². The van der Waals surface area contributed by atoms with E-state index in [1.807, 2.05) is 30.3 Å². The number of hydrogen-bond donors (Lipinski definition) is 1. The number of nitrogens with one attached hydrogen (secondary N) is 1. The first-order valence-electron chi connectivity index (χ1n) is 7.18. The van der Waals surface area contributed by atoms with E-state index in [-0.39, 0.29) is 5.97 Å². The summed E-state index contributed by atoms with van der Waals surface area (Å²) in [6, 6.07) is 9.87. The van der Waals surface area contributed by atoms with E-state index in [9.17, 15) is 4.79 Å². The molecule has 0 fully saturated rings. The highest BCUT2D eigenvalue weighted by atomic mass is 32.2. The lowest BCUT2D eigenvalue weighted by atomic mass is 9.91. The molecule has 0 aromatic heterocycles. The van der Waals surface area contributed by atoms with Gasteiger partial charge in [-0.2, -0.15) is 11.8 Å². The number of carbonyl (C=O) groups is 1. The molecule has 0 bridgehead atoms. The Morgan fingerprint density at radius 1 is 1.25 bits per heavy atom. The number of thioether (sulfide) groups is 1. The van der Waals surface area contributed by atoms with E-state index in [1.165, 1.54) is 7.11 Å². The first-order chi connectivity index (χ1) is 9.71. The molecule has 0 aliphatic heterocycles. The van der Waals surface area contributed by atoms with Crippen LogP contribution in [0.3, 0.4) is 0 Å². The molecular formula is C16H25NO2S. The summed E-state index contributed by atoms with van der Waals surface area (Å²) in [6.07, 6.45) is 2.08. The molecule has 0 saturated heterocycles. The third kappa shape index (κ3) is 4.25. The second-order valence-electron chi connectivity index (χ2n) is 4.74. The average molecular weight is 295 g/mol. The maximum absolute atomic E-state index is 12.4. The monoisotopic (exact) mass is 295 g/mol. The summed E-state index contributed by atoms with van der Waals surface area (Å²) >= 11 is 1.79. The van der Waals surface area contributed by atoms with Crippen LogP contribution in [-0.2, 0) is 15.1 Å². The Kier molecular flexibility index (Phi) is 7.70. The molecule has 3 nitrogen and oxygen atoms in total. The summed E-state index contributed by atoms with van der Waals surface area (Å²) in [5.41, 5.74) is 0.232. The topological polar surface area (TPSA) is 38.3 Å². The van der Waals surface area contributed by atoms with E-state index in [1.54, 1.807) is 11.8 Å². The third-order valence-corrected chi connectivity index (χ3v) is 4.48. The fraction of sp³-hybridized carbons (Fsp3) is 0.562. The molecule has 0 spiro atoms. The van der Waals surface area contributed by atoms with Gasteiger partial charge < -0.3 is 4.74 Å². The van der Waals surface area contributed by atoms with Gasteiger partial charge >= 0.3 is 5.97 Å². The minimum Gasteiger partial charge on any atom is -0.467 e. The molecule has 1 atom stereocenters. The zero-order valence-electron chi connectivity index (χ0n) is 12.6. The Bertz CT molecular complexity index is 397. The number of esters is 1. The lowest BCUT2D eigenvalue weighted by Crippen LogP contribution is -2.52. The van der Waals surface area contributed by atoms with Crippen molar-refractivity contribution < 1.29 is 9.53 Å². The maximum atomic E-state index is 12.4. The van der Waals surface area contributed by atoms with Gasteiger partial charge in [0.15, 0.2) is 5.54 Å². The molecule has 1 N–H and O–H groups in total. The largest absolute Gasteiger partial charge is 0.467 e. The van der Waals surface area contributed by atoms with E-state index in [0.717, 1.165) is 30.7 Å². The lowest BCUT2D eigenvalue weighted by Gasteiger charge is -2.32. The van der Waals surface area contributed by atoms with Gasteiger partial charge in [-0.05, 0) is 30.7 Å². The summed E-state index contributed by atoms with van der Waals surface area (Å²) in [5.74, 6) is 1.53. The van der Waals surface area contributed by atoms with Crippen LogP contribution in [0.5, 0.6) is 0 Å². The van der Waals surface area contributed by atoms with Crippen molar-refractivity contribution in [3.63, 3.8) is 0 Å². The van der Waals surface area contributed by atoms with Gasteiger partial charge in [0.1, 0.15) is 0 Å². The van der Waals surface area contributed by atoms with Gasteiger partial charge in [-0.25, -0.2) is 4.79 Å². The minimum atomic E-state index is -0.744. The third-order valence-electron chi connectivity index (χ3n) is 3.14. The second-order valence-corrected chi connectivity index (χ2v) is 5.85. The maximum Gasteiger partial charge on any atom is 0.331 e. The molecule has 0 heterocycles. The van der Waals surface area contributed by atoms with Crippen LogP contribution in [0.1, 0.15) is 32.3 Å². The van der Waals surface area contributed by atoms with Crippen LogP contribution in [-0.4, -0.2) is 31.1 Å². The van der Waals surface area contributed by atoms with E-state index in [4.69, 9.17) is 4.74 Å². The zero-order valence-corrected chi connectivity index (χ0v) is 13.5. The number of carbonyl (C=O) groups excluding carboxylic acids is 1. The molecular weight excluding hydrogens is 270 g/mol. The number of hydrogen-bond acceptors (Lipinski definition) is 4. The summed E-state index contributed by atoms with van der Waals surface area (Å²) in [5, 5.41) is 3.41.